The van der Waals surface area contributed by atoms with Crippen molar-refractivity contribution in [2.75, 3.05) is 11.9 Å². The van der Waals surface area contributed by atoms with E-state index in [0.29, 0.717) is 6.04 Å². The van der Waals surface area contributed by atoms with Crippen molar-refractivity contribution in [2.45, 2.75) is 39.3 Å². The first-order chi connectivity index (χ1) is 7.47. The van der Waals surface area contributed by atoms with Gasteiger partial charge in [0.2, 0.25) is 0 Å². The number of hydrogen-bond donors (Lipinski definition) is 1. The molecular weight excluding hydrogens is 266 g/mol. The molecule has 0 aliphatic carbocycles. The predicted octanol–water partition coefficient (Wildman–Crippen LogP) is 3.74. The zero-order valence-corrected chi connectivity index (χ0v) is 12.0. The van der Waals surface area contributed by atoms with Crippen molar-refractivity contribution in [1.29, 1.82) is 0 Å². The Morgan fingerprint density at radius 1 is 1.38 bits per heavy atom. The van der Waals surface area contributed by atoms with E-state index in [1.807, 2.05) is 12.1 Å². The minimum absolute atomic E-state index is 0.417. The Morgan fingerprint density at radius 3 is 2.44 bits per heavy atom. The van der Waals surface area contributed by atoms with Gasteiger partial charge in [-0.25, -0.2) is 0 Å². The van der Waals surface area contributed by atoms with Gasteiger partial charge in [0.1, 0.15) is 0 Å². The van der Waals surface area contributed by atoms with Crippen LogP contribution >= 0.6 is 15.9 Å². The van der Waals surface area contributed by atoms with Crippen LogP contribution in [0.25, 0.3) is 0 Å². The maximum Gasteiger partial charge on any atom is 0.0762 e. The monoisotopic (exact) mass is 285 g/mol. The fourth-order valence-corrected chi connectivity index (χ4v) is 2.26. The lowest BCUT2D eigenvalue weighted by Crippen LogP contribution is -2.28. The Kier molecular flexibility index (Phi) is 4.81. The van der Waals surface area contributed by atoms with E-state index in [1.54, 1.807) is 6.92 Å². The van der Waals surface area contributed by atoms with E-state index >= 15 is 0 Å². The zero-order valence-electron chi connectivity index (χ0n) is 10.4. The quantitative estimate of drug-likeness (QED) is 0.911. The summed E-state index contributed by atoms with van der Waals surface area (Å²) >= 11 is 3.56. The van der Waals surface area contributed by atoms with Crippen LogP contribution in [-0.4, -0.2) is 18.2 Å². The number of aliphatic hydroxyl groups is 1. The summed E-state index contributed by atoms with van der Waals surface area (Å²) in [4.78, 5) is 2.25. The highest BCUT2D eigenvalue weighted by atomic mass is 79.9. The third-order valence-corrected chi connectivity index (χ3v) is 3.72. The summed E-state index contributed by atoms with van der Waals surface area (Å²) in [5.41, 5.74) is 2.10. The van der Waals surface area contributed by atoms with Crippen LogP contribution in [0.1, 0.15) is 38.9 Å². The normalized spacial score (nSPS) is 14.6. The fourth-order valence-electron chi connectivity index (χ4n) is 1.58. The first kappa shape index (κ1) is 13.5. The fraction of sp³-hybridized carbons (Fsp3) is 0.538. The average molecular weight is 286 g/mol. The summed E-state index contributed by atoms with van der Waals surface area (Å²) in [6.45, 7) is 6.16. The number of anilines is 1. The van der Waals surface area contributed by atoms with Gasteiger partial charge in [-0.2, -0.15) is 0 Å². The molecule has 1 rings (SSSR count). The molecule has 1 aromatic carbocycles. The summed E-state index contributed by atoms with van der Waals surface area (Å²) in [6, 6.07) is 6.52. The van der Waals surface area contributed by atoms with Crippen LogP contribution in [0.15, 0.2) is 22.7 Å². The molecule has 1 aromatic rings. The Morgan fingerprint density at radius 2 is 2.00 bits per heavy atom. The van der Waals surface area contributed by atoms with Crippen LogP contribution in [0.3, 0.4) is 0 Å². The van der Waals surface area contributed by atoms with Crippen molar-refractivity contribution in [1.82, 2.24) is 0 Å². The van der Waals surface area contributed by atoms with Crippen molar-refractivity contribution < 1.29 is 5.11 Å². The van der Waals surface area contributed by atoms with Crippen LogP contribution in [0.2, 0.25) is 0 Å². The first-order valence-electron chi connectivity index (χ1n) is 5.67. The average Bonchev–Trinajstić information content (AvgIpc) is 2.26. The lowest BCUT2D eigenvalue weighted by Gasteiger charge is -2.27. The largest absolute Gasteiger partial charge is 0.389 e. The minimum atomic E-state index is -0.417. The lowest BCUT2D eigenvalue weighted by atomic mass is 10.1. The molecule has 0 fully saturated rings. The van der Waals surface area contributed by atoms with E-state index in [1.165, 1.54) is 5.69 Å². The molecule has 3 heteroatoms. The Bertz CT molecular complexity index is 352. The standard InChI is InChI=1S/C13H20BrNO/c1-5-9(2)15(4)13-7-6-11(10(3)16)8-12(13)14/h6-10,16H,5H2,1-4H3. The first-order valence-corrected chi connectivity index (χ1v) is 6.47. The molecule has 0 amide bonds. The second-order valence-electron chi connectivity index (χ2n) is 4.25. The molecule has 16 heavy (non-hydrogen) atoms. The highest BCUT2D eigenvalue weighted by Crippen LogP contribution is 2.30. The van der Waals surface area contributed by atoms with Gasteiger partial charge in [-0.15, -0.1) is 0 Å². The molecule has 2 atom stereocenters. The molecule has 2 nitrogen and oxygen atoms in total. The van der Waals surface area contributed by atoms with Crippen molar-refractivity contribution in [3.05, 3.63) is 28.2 Å². The maximum absolute atomic E-state index is 9.50. The van der Waals surface area contributed by atoms with Crippen LogP contribution in [-0.2, 0) is 0 Å². The number of halogens is 1. The molecule has 0 saturated carbocycles. The van der Waals surface area contributed by atoms with E-state index in [-0.39, 0.29) is 0 Å². The summed E-state index contributed by atoms with van der Waals surface area (Å²) in [7, 11) is 2.09. The van der Waals surface area contributed by atoms with E-state index < -0.39 is 6.10 Å². The second-order valence-corrected chi connectivity index (χ2v) is 5.11. The van der Waals surface area contributed by atoms with E-state index in [0.717, 1.165) is 16.5 Å². The number of nitrogens with zero attached hydrogens (tertiary/aromatic N) is 1. The van der Waals surface area contributed by atoms with Gasteiger partial charge in [0.15, 0.2) is 0 Å². The van der Waals surface area contributed by atoms with Crippen LogP contribution in [0.4, 0.5) is 5.69 Å². The van der Waals surface area contributed by atoms with Gasteiger partial charge in [-0.1, -0.05) is 13.0 Å². The van der Waals surface area contributed by atoms with Gasteiger partial charge < -0.3 is 10.0 Å². The summed E-state index contributed by atoms with van der Waals surface area (Å²) in [6.07, 6.45) is 0.695. The second kappa shape index (κ2) is 5.69. The number of aliphatic hydroxyl groups excluding tert-OH is 1. The van der Waals surface area contributed by atoms with Gasteiger partial charge in [0, 0.05) is 17.6 Å². The Hall–Kier alpha value is -0.540. The minimum Gasteiger partial charge on any atom is -0.389 e. The molecular formula is C13H20BrNO. The molecule has 1 N–H and O–H groups in total. The van der Waals surface area contributed by atoms with Crippen molar-refractivity contribution >= 4 is 21.6 Å². The third kappa shape index (κ3) is 2.98. The topological polar surface area (TPSA) is 23.5 Å². The molecule has 2 unspecified atom stereocenters. The van der Waals surface area contributed by atoms with Gasteiger partial charge in [-0.05, 0) is 53.9 Å². The van der Waals surface area contributed by atoms with Crippen LogP contribution < -0.4 is 4.90 Å². The number of hydrogen-bond acceptors (Lipinski definition) is 2. The van der Waals surface area contributed by atoms with E-state index in [9.17, 15) is 5.11 Å². The van der Waals surface area contributed by atoms with Crippen molar-refractivity contribution in [3.63, 3.8) is 0 Å². The van der Waals surface area contributed by atoms with Crippen molar-refractivity contribution in [2.24, 2.45) is 0 Å². The van der Waals surface area contributed by atoms with Crippen molar-refractivity contribution in [3.8, 4) is 0 Å². The molecule has 0 aromatic heterocycles. The molecule has 0 saturated heterocycles. The summed E-state index contributed by atoms with van der Waals surface area (Å²) < 4.78 is 1.04. The Labute approximate surface area is 106 Å². The predicted molar refractivity (Wildman–Crippen MR) is 72.9 cm³/mol. The molecule has 0 aliphatic heterocycles. The molecule has 0 radical (unpaired) electrons. The SMILES string of the molecule is CCC(C)N(C)c1ccc(C(C)O)cc1Br. The van der Waals surface area contributed by atoms with Crippen LogP contribution in [0, 0.1) is 0 Å². The highest BCUT2D eigenvalue weighted by molar-refractivity contribution is 9.10. The number of benzene rings is 1. The van der Waals surface area contributed by atoms with Gasteiger partial charge in [0.25, 0.3) is 0 Å². The third-order valence-electron chi connectivity index (χ3n) is 3.09. The van der Waals surface area contributed by atoms with Gasteiger partial charge in [0.05, 0.1) is 11.8 Å². The molecule has 0 aliphatic rings. The lowest BCUT2D eigenvalue weighted by molar-refractivity contribution is 0.199. The molecule has 0 heterocycles. The van der Waals surface area contributed by atoms with E-state index in [4.69, 9.17) is 0 Å². The van der Waals surface area contributed by atoms with Gasteiger partial charge in [-0.3, -0.25) is 0 Å². The molecule has 0 spiro atoms. The maximum atomic E-state index is 9.50. The van der Waals surface area contributed by atoms with E-state index in [2.05, 4.69) is 47.8 Å². The molecule has 0 bridgehead atoms. The van der Waals surface area contributed by atoms with Gasteiger partial charge >= 0.3 is 0 Å². The number of rotatable bonds is 4. The molecule has 90 valence electrons. The smallest absolute Gasteiger partial charge is 0.0762 e. The summed E-state index contributed by atoms with van der Waals surface area (Å²) in [5, 5.41) is 9.50. The Balaban J connectivity index is 2.99. The zero-order chi connectivity index (χ0) is 12.3. The van der Waals surface area contributed by atoms with Crippen LogP contribution in [0.5, 0.6) is 0 Å². The summed E-state index contributed by atoms with van der Waals surface area (Å²) in [5.74, 6) is 0. The highest BCUT2D eigenvalue weighted by Gasteiger charge is 2.12.